The van der Waals surface area contributed by atoms with Crippen LogP contribution in [0.5, 0.6) is 0 Å². The number of nitrogens with zero attached hydrogens (tertiary/aromatic N) is 2. The Morgan fingerprint density at radius 1 is 0.812 bits per heavy atom. The van der Waals surface area contributed by atoms with E-state index in [4.69, 9.17) is 0 Å². The van der Waals surface area contributed by atoms with Gasteiger partial charge in [-0.05, 0) is 55.1 Å². The first-order valence-corrected chi connectivity index (χ1v) is 12.1. The molecule has 3 aliphatic rings. The molecule has 2 saturated carbocycles. The van der Waals surface area contributed by atoms with E-state index in [0.717, 1.165) is 36.8 Å². The van der Waals surface area contributed by atoms with Gasteiger partial charge in [-0.25, -0.2) is 4.79 Å². The van der Waals surface area contributed by atoms with E-state index in [-0.39, 0.29) is 12.1 Å². The van der Waals surface area contributed by atoms with Crippen molar-refractivity contribution in [2.24, 2.45) is 11.8 Å². The Hall–Kier alpha value is -2.37. The molecular formula is C27H34N2O3. The summed E-state index contributed by atoms with van der Waals surface area (Å²) in [6.07, 6.45) is 3.97. The Balaban J connectivity index is 1.44. The van der Waals surface area contributed by atoms with E-state index in [1.807, 2.05) is 53.4 Å². The maximum Gasteiger partial charge on any atom is 0.320 e. The molecule has 1 heterocycles. The summed E-state index contributed by atoms with van der Waals surface area (Å²) in [5.41, 5.74) is 2.13. The predicted molar refractivity (Wildman–Crippen MR) is 124 cm³/mol. The van der Waals surface area contributed by atoms with Crippen molar-refractivity contribution in [1.82, 2.24) is 9.80 Å². The van der Waals surface area contributed by atoms with Crippen molar-refractivity contribution in [3.8, 4) is 0 Å². The first-order valence-electron chi connectivity index (χ1n) is 12.1. The number of hydrogen-bond donors (Lipinski definition) is 2. The fourth-order valence-corrected chi connectivity index (χ4v) is 5.10. The van der Waals surface area contributed by atoms with Crippen LogP contribution in [0.4, 0.5) is 4.79 Å². The number of rotatable bonds is 9. The third-order valence-corrected chi connectivity index (χ3v) is 7.27. The quantitative estimate of drug-likeness (QED) is 0.635. The van der Waals surface area contributed by atoms with Crippen LogP contribution in [-0.4, -0.2) is 63.4 Å². The summed E-state index contributed by atoms with van der Waals surface area (Å²) in [7, 11) is 0. The van der Waals surface area contributed by atoms with Gasteiger partial charge in [0, 0.05) is 19.5 Å². The first-order chi connectivity index (χ1) is 15.6. The highest BCUT2D eigenvalue weighted by molar-refractivity contribution is 5.77. The molecule has 1 saturated heterocycles. The molecule has 4 atom stereocenters. The van der Waals surface area contributed by atoms with Crippen molar-refractivity contribution in [3.63, 3.8) is 0 Å². The normalized spacial score (nSPS) is 26.9. The average molecular weight is 435 g/mol. The minimum Gasteiger partial charge on any atom is -0.391 e. The molecule has 1 unspecified atom stereocenters. The Morgan fingerprint density at radius 3 is 1.91 bits per heavy atom. The zero-order valence-corrected chi connectivity index (χ0v) is 18.6. The molecule has 170 valence electrons. The Labute approximate surface area is 190 Å². The van der Waals surface area contributed by atoms with E-state index in [0.29, 0.717) is 37.8 Å². The van der Waals surface area contributed by atoms with Gasteiger partial charge in [-0.3, -0.25) is 0 Å². The molecule has 5 rings (SSSR count). The van der Waals surface area contributed by atoms with Crippen molar-refractivity contribution >= 4 is 6.03 Å². The van der Waals surface area contributed by atoms with Crippen LogP contribution in [0.1, 0.15) is 36.8 Å². The van der Waals surface area contributed by atoms with Gasteiger partial charge < -0.3 is 20.0 Å². The van der Waals surface area contributed by atoms with Crippen LogP contribution in [-0.2, 0) is 12.8 Å². The number of aliphatic hydroxyl groups excluding tert-OH is 2. The van der Waals surface area contributed by atoms with E-state index >= 15 is 0 Å². The summed E-state index contributed by atoms with van der Waals surface area (Å²) in [5, 5.41) is 23.0. The van der Waals surface area contributed by atoms with Crippen LogP contribution in [0.3, 0.4) is 0 Å². The molecule has 1 aliphatic heterocycles. The fourth-order valence-electron chi connectivity index (χ4n) is 5.10. The molecule has 5 nitrogen and oxygen atoms in total. The van der Waals surface area contributed by atoms with Gasteiger partial charge in [-0.1, -0.05) is 60.7 Å². The molecule has 0 aromatic heterocycles. The van der Waals surface area contributed by atoms with Gasteiger partial charge in [0.2, 0.25) is 0 Å². The van der Waals surface area contributed by atoms with Crippen LogP contribution < -0.4 is 0 Å². The molecule has 3 fully saturated rings. The third kappa shape index (κ3) is 4.84. The highest BCUT2D eigenvalue weighted by Crippen LogP contribution is 2.37. The van der Waals surface area contributed by atoms with Crippen LogP contribution in [0.15, 0.2) is 60.7 Å². The van der Waals surface area contributed by atoms with Gasteiger partial charge in [0.05, 0.1) is 24.3 Å². The molecule has 32 heavy (non-hydrogen) atoms. The summed E-state index contributed by atoms with van der Waals surface area (Å²) in [6, 6.07) is 19.0. The molecule has 5 heteroatoms. The highest BCUT2D eigenvalue weighted by Gasteiger charge is 2.50. The largest absolute Gasteiger partial charge is 0.391 e. The van der Waals surface area contributed by atoms with Gasteiger partial charge >= 0.3 is 6.03 Å². The molecule has 2 aromatic carbocycles. The monoisotopic (exact) mass is 434 g/mol. The highest BCUT2D eigenvalue weighted by atomic mass is 16.3. The standard InChI is InChI=1S/C27H34N2O3/c30-24(16-20-9-5-2-6-10-20)25-26(31)23(15-19-7-3-1-4-8-19)28(17-21-11-12-21)27(32)29(25)18-22-13-14-22/h1-10,21-26,30-31H,11-18H2/t23-,24?,25-,26+/m1/s1. The van der Waals surface area contributed by atoms with Crippen molar-refractivity contribution < 1.29 is 15.0 Å². The van der Waals surface area contributed by atoms with Gasteiger partial charge in [0.1, 0.15) is 0 Å². The van der Waals surface area contributed by atoms with Gasteiger partial charge in [-0.2, -0.15) is 0 Å². The number of amides is 2. The van der Waals surface area contributed by atoms with Crippen LogP contribution in [0.25, 0.3) is 0 Å². The van der Waals surface area contributed by atoms with Crippen molar-refractivity contribution in [1.29, 1.82) is 0 Å². The lowest BCUT2D eigenvalue weighted by Gasteiger charge is -2.51. The summed E-state index contributed by atoms with van der Waals surface area (Å²) in [6.45, 7) is 1.34. The van der Waals surface area contributed by atoms with Crippen molar-refractivity contribution in [3.05, 3.63) is 71.8 Å². The third-order valence-electron chi connectivity index (χ3n) is 7.27. The molecule has 2 N–H and O–H groups in total. The van der Waals surface area contributed by atoms with Crippen molar-refractivity contribution in [2.45, 2.75) is 62.8 Å². The predicted octanol–water partition coefficient (Wildman–Crippen LogP) is 3.49. The van der Waals surface area contributed by atoms with E-state index in [1.54, 1.807) is 4.90 Å². The SMILES string of the molecule is O=C1N(CC2CC2)[C@H](Cc2ccccc2)[C@H](O)[C@@H](C(O)Cc2ccccc2)N1CC1CC1. The number of carbonyl (C=O) groups is 1. The summed E-state index contributed by atoms with van der Waals surface area (Å²) in [4.78, 5) is 17.5. The molecule has 2 aromatic rings. The molecule has 0 spiro atoms. The average Bonchev–Trinajstić information content (AvgIpc) is 3.72. The van der Waals surface area contributed by atoms with Crippen LogP contribution in [0.2, 0.25) is 0 Å². The second-order valence-electron chi connectivity index (χ2n) is 9.97. The summed E-state index contributed by atoms with van der Waals surface area (Å²) < 4.78 is 0. The maximum atomic E-state index is 13.8. The number of benzene rings is 2. The Kier molecular flexibility index (Phi) is 6.20. The zero-order valence-electron chi connectivity index (χ0n) is 18.6. The van der Waals surface area contributed by atoms with E-state index in [2.05, 4.69) is 12.1 Å². The Bertz CT molecular complexity index is 898. The smallest absolute Gasteiger partial charge is 0.320 e. The minimum atomic E-state index is -0.809. The number of urea groups is 1. The minimum absolute atomic E-state index is 0.00728. The number of aliphatic hydroxyl groups is 2. The Morgan fingerprint density at radius 2 is 1.34 bits per heavy atom. The fraction of sp³-hybridized carbons (Fsp3) is 0.519. The topological polar surface area (TPSA) is 64.0 Å². The summed E-state index contributed by atoms with van der Waals surface area (Å²) in [5.74, 6) is 1.03. The number of carbonyl (C=O) groups excluding carboxylic acids is 1. The number of hydrogen-bond acceptors (Lipinski definition) is 3. The molecule has 2 amide bonds. The van der Waals surface area contributed by atoms with Gasteiger partial charge in [-0.15, -0.1) is 0 Å². The zero-order chi connectivity index (χ0) is 22.1. The first kappa shape index (κ1) is 21.5. The van der Waals surface area contributed by atoms with E-state index < -0.39 is 18.2 Å². The lowest BCUT2D eigenvalue weighted by molar-refractivity contribution is -0.0808. The van der Waals surface area contributed by atoms with Crippen LogP contribution in [0, 0.1) is 11.8 Å². The summed E-state index contributed by atoms with van der Waals surface area (Å²) >= 11 is 0. The molecule has 0 radical (unpaired) electrons. The molecular weight excluding hydrogens is 400 g/mol. The van der Waals surface area contributed by atoms with E-state index in [1.165, 1.54) is 0 Å². The van der Waals surface area contributed by atoms with Crippen molar-refractivity contribution in [2.75, 3.05) is 13.1 Å². The molecule has 2 aliphatic carbocycles. The second kappa shape index (κ2) is 9.24. The maximum absolute atomic E-state index is 13.8. The van der Waals surface area contributed by atoms with E-state index in [9.17, 15) is 15.0 Å². The lowest BCUT2D eigenvalue weighted by atomic mass is 9.86. The van der Waals surface area contributed by atoms with Crippen LogP contribution >= 0.6 is 0 Å². The second-order valence-corrected chi connectivity index (χ2v) is 9.97. The van der Waals surface area contributed by atoms with Gasteiger partial charge in [0.15, 0.2) is 0 Å². The molecule has 0 bridgehead atoms. The lowest BCUT2D eigenvalue weighted by Crippen LogP contribution is -2.70. The van der Waals surface area contributed by atoms with Gasteiger partial charge in [0.25, 0.3) is 0 Å².